The number of carbonyl (C=O) groups is 2. The van der Waals surface area contributed by atoms with Crippen LogP contribution in [0.4, 0.5) is 0 Å². The third-order valence-electron chi connectivity index (χ3n) is 2.51. The van der Waals surface area contributed by atoms with Gasteiger partial charge in [0.15, 0.2) is 0 Å². The molecule has 5 heteroatoms. The molecule has 1 rings (SSSR count). The first-order valence-electron chi connectivity index (χ1n) is 6.13. The van der Waals surface area contributed by atoms with Crippen molar-refractivity contribution in [1.82, 2.24) is 5.32 Å². The summed E-state index contributed by atoms with van der Waals surface area (Å²) in [5.41, 5.74) is 1.71. The van der Waals surface area contributed by atoms with Crippen LogP contribution >= 0.6 is 11.8 Å². The van der Waals surface area contributed by atoms with E-state index in [1.54, 1.807) is 37.7 Å². The Morgan fingerprint density at radius 3 is 2.47 bits per heavy atom. The lowest BCUT2D eigenvalue weighted by Gasteiger charge is -2.12. The second kappa shape index (κ2) is 7.84. The van der Waals surface area contributed by atoms with Gasteiger partial charge < -0.3 is 10.1 Å². The largest absolute Gasteiger partial charge is 0.464 e. The van der Waals surface area contributed by atoms with Crippen LogP contribution in [0.15, 0.2) is 24.3 Å². The molecule has 0 aliphatic heterocycles. The molecule has 1 atom stereocenters. The van der Waals surface area contributed by atoms with Crippen molar-refractivity contribution in [2.75, 3.05) is 12.9 Å². The molecule has 1 aromatic rings. The van der Waals surface area contributed by atoms with E-state index in [0.717, 1.165) is 5.75 Å². The van der Waals surface area contributed by atoms with Crippen molar-refractivity contribution in [3.05, 3.63) is 35.4 Å². The molecule has 4 nitrogen and oxygen atoms in total. The van der Waals surface area contributed by atoms with Crippen LogP contribution in [0.5, 0.6) is 0 Å². The summed E-state index contributed by atoms with van der Waals surface area (Å²) in [5.74, 6) is 0.229. The van der Waals surface area contributed by atoms with E-state index in [9.17, 15) is 9.59 Å². The molecule has 1 N–H and O–H groups in total. The zero-order valence-electron chi connectivity index (χ0n) is 11.4. The lowest BCUT2D eigenvalue weighted by molar-refractivity contribution is -0.144. The summed E-state index contributed by atoms with van der Waals surface area (Å²) in [6, 6.07) is 6.72. The summed E-state index contributed by atoms with van der Waals surface area (Å²) in [6.07, 6.45) is 2.03. The van der Waals surface area contributed by atoms with Crippen molar-refractivity contribution in [1.29, 1.82) is 0 Å². The molecule has 0 heterocycles. The van der Waals surface area contributed by atoms with E-state index in [1.165, 1.54) is 5.56 Å². The van der Waals surface area contributed by atoms with Gasteiger partial charge in [-0.2, -0.15) is 11.8 Å². The van der Waals surface area contributed by atoms with Crippen LogP contribution in [0.2, 0.25) is 0 Å². The Hall–Kier alpha value is -1.49. The lowest BCUT2D eigenvalue weighted by Crippen LogP contribution is -2.39. The van der Waals surface area contributed by atoms with Gasteiger partial charge in [-0.25, -0.2) is 4.79 Å². The SMILES string of the molecule is CCOC(=O)C(C)NC(=O)c1ccc(CSC)cc1. The average Bonchev–Trinajstić information content (AvgIpc) is 2.40. The van der Waals surface area contributed by atoms with Gasteiger partial charge in [-0.05, 0) is 37.8 Å². The monoisotopic (exact) mass is 281 g/mol. The molecule has 1 unspecified atom stereocenters. The maximum absolute atomic E-state index is 11.9. The summed E-state index contributed by atoms with van der Waals surface area (Å²) in [4.78, 5) is 23.3. The van der Waals surface area contributed by atoms with Gasteiger partial charge in [0.2, 0.25) is 0 Å². The molecule has 0 aliphatic carbocycles. The molecule has 0 saturated heterocycles. The van der Waals surface area contributed by atoms with Crippen molar-refractivity contribution in [2.45, 2.75) is 25.6 Å². The smallest absolute Gasteiger partial charge is 0.328 e. The minimum atomic E-state index is -0.640. The number of rotatable bonds is 6. The number of hydrogen-bond acceptors (Lipinski definition) is 4. The van der Waals surface area contributed by atoms with Gasteiger partial charge in [0, 0.05) is 11.3 Å². The molecule has 0 aliphatic rings. The first-order valence-corrected chi connectivity index (χ1v) is 7.53. The maximum Gasteiger partial charge on any atom is 0.328 e. The Labute approximate surface area is 117 Å². The second-order valence-corrected chi connectivity index (χ2v) is 4.94. The number of amides is 1. The number of ether oxygens (including phenoxy) is 1. The molecular formula is C14H19NO3S. The second-order valence-electron chi connectivity index (χ2n) is 4.08. The van der Waals surface area contributed by atoms with Gasteiger partial charge in [-0.15, -0.1) is 0 Å². The highest BCUT2D eigenvalue weighted by atomic mass is 32.2. The number of esters is 1. The third-order valence-corrected chi connectivity index (χ3v) is 3.14. The molecule has 1 aromatic carbocycles. The van der Waals surface area contributed by atoms with E-state index in [-0.39, 0.29) is 5.91 Å². The Morgan fingerprint density at radius 1 is 1.32 bits per heavy atom. The lowest BCUT2D eigenvalue weighted by atomic mass is 10.1. The molecule has 0 bridgehead atoms. The van der Waals surface area contributed by atoms with Crippen molar-refractivity contribution in [3.8, 4) is 0 Å². The van der Waals surface area contributed by atoms with Gasteiger partial charge >= 0.3 is 5.97 Å². The highest BCUT2D eigenvalue weighted by Gasteiger charge is 2.17. The number of hydrogen-bond donors (Lipinski definition) is 1. The predicted molar refractivity (Wildman–Crippen MR) is 77.2 cm³/mol. The fourth-order valence-corrected chi connectivity index (χ4v) is 2.05. The fourth-order valence-electron chi connectivity index (χ4n) is 1.53. The fraction of sp³-hybridized carbons (Fsp3) is 0.429. The Bertz CT molecular complexity index is 431. The van der Waals surface area contributed by atoms with Crippen molar-refractivity contribution < 1.29 is 14.3 Å². The summed E-state index contributed by atoms with van der Waals surface area (Å²) in [7, 11) is 0. The first kappa shape index (κ1) is 15.6. The molecule has 0 saturated carbocycles. The number of benzene rings is 1. The minimum Gasteiger partial charge on any atom is -0.464 e. The third kappa shape index (κ3) is 4.95. The summed E-state index contributed by atoms with van der Waals surface area (Å²) >= 11 is 1.73. The van der Waals surface area contributed by atoms with Crippen molar-refractivity contribution >= 4 is 23.6 Å². The molecule has 0 aromatic heterocycles. The van der Waals surface area contributed by atoms with E-state index < -0.39 is 12.0 Å². The summed E-state index contributed by atoms with van der Waals surface area (Å²) < 4.78 is 4.84. The highest BCUT2D eigenvalue weighted by Crippen LogP contribution is 2.10. The number of thioether (sulfide) groups is 1. The Kier molecular flexibility index (Phi) is 6.42. The zero-order chi connectivity index (χ0) is 14.3. The molecule has 0 fully saturated rings. The van der Waals surface area contributed by atoms with Crippen molar-refractivity contribution in [3.63, 3.8) is 0 Å². The highest BCUT2D eigenvalue weighted by molar-refractivity contribution is 7.97. The van der Waals surface area contributed by atoms with Gasteiger partial charge in [0.1, 0.15) is 6.04 Å². The Balaban J connectivity index is 2.60. The summed E-state index contributed by atoms with van der Waals surface area (Å²) in [5, 5.41) is 2.61. The maximum atomic E-state index is 11.9. The van der Waals surface area contributed by atoms with E-state index in [2.05, 4.69) is 5.32 Å². The molecule has 104 valence electrons. The number of nitrogens with one attached hydrogen (secondary N) is 1. The van der Waals surface area contributed by atoms with Crippen LogP contribution < -0.4 is 5.32 Å². The van der Waals surface area contributed by atoms with E-state index >= 15 is 0 Å². The van der Waals surface area contributed by atoms with Crippen LogP contribution in [-0.2, 0) is 15.3 Å². The van der Waals surface area contributed by atoms with E-state index in [1.807, 2.05) is 18.4 Å². The quantitative estimate of drug-likeness (QED) is 0.812. The standard InChI is InChI=1S/C14H19NO3S/c1-4-18-14(17)10(2)15-13(16)12-7-5-11(6-8-12)9-19-3/h5-8,10H,4,9H2,1-3H3,(H,15,16). The van der Waals surface area contributed by atoms with E-state index in [0.29, 0.717) is 12.2 Å². The van der Waals surface area contributed by atoms with Crippen LogP contribution in [-0.4, -0.2) is 30.8 Å². The van der Waals surface area contributed by atoms with E-state index in [4.69, 9.17) is 4.74 Å². The van der Waals surface area contributed by atoms with Crippen LogP contribution in [0.3, 0.4) is 0 Å². The van der Waals surface area contributed by atoms with Crippen LogP contribution in [0, 0.1) is 0 Å². The topological polar surface area (TPSA) is 55.4 Å². The first-order chi connectivity index (χ1) is 9.08. The zero-order valence-corrected chi connectivity index (χ0v) is 12.3. The average molecular weight is 281 g/mol. The summed E-state index contributed by atoms with van der Waals surface area (Å²) in [6.45, 7) is 3.65. The normalized spacial score (nSPS) is 11.7. The van der Waals surface area contributed by atoms with Crippen LogP contribution in [0.25, 0.3) is 0 Å². The van der Waals surface area contributed by atoms with Crippen molar-refractivity contribution in [2.24, 2.45) is 0 Å². The molecule has 0 radical (unpaired) electrons. The molecular weight excluding hydrogens is 262 g/mol. The Morgan fingerprint density at radius 2 is 1.95 bits per heavy atom. The molecule has 19 heavy (non-hydrogen) atoms. The van der Waals surface area contributed by atoms with Gasteiger partial charge in [0.05, 0.1) is 6.61 Å². The van der Waals surface area contributed by atoms with Gasteiger partial charge in [0.25, 0.3) is 5.91 Å². The molecule has 1 amide bonds. The minimum absolute atomic E-state index is 0.267. The number of carbonyl (C=O) groups excluding carboxylic acids is 2. The van der Waals surface area contributed by atoms with Gasteiger partial charge in [-0.3, -0.25) is 4.79 Å². The predicted octanol–water partition coefficient (Wildman–Crippen LogP) is 2.23. The van der Waals surface area contributed by atoms with Gasteiger partial charge in [-0.1, -0.05) is 12.1 Å². The van der Waals surface area contributed by atoms with Crippen LogP contribution in [0.1, 0.15) is 29.8 Å². The molecule has 0 spiro atoms.